The maximum atomic E-state index is 6.14. The molecule has 0 saturated carbocycles. The van der Waals surface area contributed by atoms with Gasteiger partial charge in [-0.05, 0) is 30.2 Å². The van der Waals surface area contributed by atoms with Crippen molar-refractivity contribution in [3.8, 4) is 5.75 Å². The van der Waals surface area contributed by atoms with Crippen LogP contribution in [0.4, 0.5) is 0 Å². The van der Waals surface area contributed by atoms with E-state index < -0.39 is 0 Å². The third-order valence-corrected chi connectivity index (χ3v) is 6.45. The molecule has 2 aliphatic rings. The number of ether oxygens (including phenoxy) is 1. The van der Waals surface area contributed by atoms with Gasteiger partial charge in [-0.25, -0.2) is 0 Å². The molecule has 1 aromatic carbocycles. The van der Waals surface area contributed by atoms with Gasteiger partial charge in [0.15, 0.2) is 0 Å². The van der Waals surface area contributed by atoms with Crippen LogP contribution in [0.15, 0.2) is 22.7 Å². The first-order valence-corrected chi connectivity index (χ1v) is 7.79. The smallest absolute Gasteiger partial charge is 0.201 e. The number of benzene rings is 1. The molecule has 1 spiro atoms. The molecule has 0 radical (unpaired) electrons. The zero-order valence-corrected chi connectivity index (χ0v) is 11.4. The zero-order valence-electron chi connectivity index (χ0n) is 8.16. The van der Waals surface area contributed by atoms with Crippen molar-refractivity contribution in [2.45, 2.75) is 17.1 Å². The molecule has 4 heteroatoms. The molecule has 0 N–H and O–H groups in total. The number of hydrogen-bond donors (Lipinski definition) is 0. The van der Waals surface area contributed by atoms with Crippen LogP contribution >= 0.6 is 39.5 Å². The second-order valence-corrected chi connectivity index (χ2v) is 7.62. The summed E-state index contributed by atoms with van der Waals surface area (Å²) in [6.07, 6.45) is 2.26. The zero-order chi connectivity index (χ0) is 10.3. The van der Waals surface area contributed by atoms with E-state index in [0.29, 0.717) is 0 Å². The topological polar surface area (TPSA) is 9.23 Å². The minimum absolute atomic E-state index is 0.0286. The summed E-state index contributed by atoms with van der Waals surface area (Å²) in [5, 5.41) is 0. The molecule has 1 nitrogen and oxygen atoms in total. The SMILES string of the molecule is Brc1ccc2c(c1)CCC1(O2)SCCS1. The fourth-order valence-electron chi connectivity index (χ4n) is 1.99. The van der Waals surface area contributed by atoms with Gasteiger partial charge in [0.25, 0.3) is 0 Å². The van der Waals surface area contributed by atoms with Gasteiger partial charge in [-0.1, -0.05) is 15.9 Å². The van der Waals surface area contributed by atoms with Gasteiger partial charge in [0.05, 0.1) is 0 Å². The van der Waals surface area contributed by atoms with Crippen LogP contribution in [0.5, 0.6) is 5.75 Å². The average Bonchev–Trinajstić information content (AvgIpc) is 2.67. The van der Waals surface area contributed by atoms with Gasteiger partial charge in [0.2, 0.25) is 4.27 Å². The Morgan fingerprint density at radius 1 is 1.27 bits per heavy atom. The molecule has 80 valence electrons. The molecule has 0 amide bonds. The van der Waals surface area contributed by atoms with Crippen LogP contribution in [0.25, 0.3) is 0 Å². The first-order chi connectivity index (χ1) is 7.27. The lowest BCUT2D eigenvalue weighted by molar-refractivity contribution is 0.227. The first kappa shape index (κ1) is 10.4. The second kappa shape index (κ2) is 3.90. The monoisotopic (exact) mass is 302 g/mol. The molecule has 0 unspecified atom stereocenters. The van der Waals surface area contributed by atoms with E-state index in [1.54, 1.807) is 0 Å². The molecule has 0 aliphatic carbocycles. The second-order valence-electron chi connectivity index (χ2n) is 3.73. The van der Waals surface area contributed by atoms with Crippen LogP contribution in [-0.4, -0.2) is 15.8 Å². The molecule has 2 aliphatic heterocycles. The number of halogens is 1. The van der Waals surface area contributed by atoms with Crippen LogP contribution in [0.1, 0.15) is 12.0 Å². The Balaban J connectivity index is 1.93. The van der Waals surface area contributed by atoms with E-state index in [1.807, 2.05) is 23.5 Å². The maximum Gasteiger partial charge on any atom is 0.201 e. The minimum atomic E-state index is 0.0286. The molecule has 0 bridgehead atoms. The molecule has 2 heterocycles. The highest BCUT2D eigenvalue weighted by Gasteiger charge is 2.40. The van der Waals surface area contributed by atoms with Crippen molar-refractivity contribution in [1.82, 2.24) is 0 Å². The van der Waals surface area contributed by atoms with Crippen molar-refractivity contribution < 1.29 is 4.74 Å². The number of hydrogen-bond acceptors (Lipinski definition) is 3. The van der Waals surface area contributed by atoms with Crippen LogP contribution in [0.2, 0.25) is 0 Å². The highest BCUT2D eigenvalue weighted by Crippen LogP contribution is 2.51. The van der Waals surface area contributed by atoms with E-state index in [9.17, 15) is 0 Å². The number of aryl methyl sites for hydroxylation is 1. The van der Waals surface area contributed by atoms with Crippen molar-refractivity contribution in [2.75, 3.05) is 11.5 Å². The largest absolute Gasteiger partial charge is 0.467 e. The Morgan fingerprint density at radius 2 is 2.07 bits per heavy atom. The predicted molar refractivity (Wildman–Crippen MR) is 70.7 cm³/mol. The molecule has 1 aromatic rings. The van der Waals surface area contributed by atoms with Gasteiger partial charge in [0, 0.05) is 22.4 Å². The van der Waals surface area contributed by atoms with E-state index in [2.05, 4.69) is 34.1 Å². The van der Waals surface area contributed by atoms with Crippen LogP contribution < -0.4 is 4.74 Å². The van der Waals surface area contributed by atoms with Crippen LogP contribution in [0, 0.1) is 0 Å². The van der Waals surface area contributed by atoms with E-state index in [1.165, 1.54) is 17.1 Å². The fourth-order valence-corrected chi connectivity index (χ4v) is 5.31. The Bertz CT molecular complexity index is 388. The summed E-state index contributed by atoms with van der Waals surface area (Å²) < 4.78 is 7.31. The molecular weight excluding hydrogens is 292 g/mol. The van der Waals surface area contributed by atoms with Gasteiger partial charge in [0.1, 0.15) is 5.75 Å². The quantitative estimate of drug-likeness (QED) is 0.719. The Morgan fingerprint density at radius 3 is 2.87 bits per heavy atom. The molecular formula is C11H11BrOS2. The fraction of sp³-hybridized carbons (Fsp3) is 0.455. The van der Waals surface area contributed by atoms with E-state index >= 15 is 0 Å². The normalized spacial score (nSPS) is 22.5. The van der Waals surface area contributed by atoms with Crippen LogP contribution in [-0.2, 0) is 6.42 Å². The highest BCUT2D eigenvalue weighted by molar-refractivity contribution is 9.10. The standard InChI is InChI=1S/C11H11BrOS2/c12-9-1-2-10-8(7-9)3-4-11(13-10)14-5-6-15-11/h1-2,7H,3-6H2. The summed E-state index contributed by atoms with van der Waals surface area (Å²) in [6, 6.07) is 6.31. The van der Waals surface area contributed by atoms with Gasteiger partial charge in [-0.2, -0.15) is 0 Å². The van der Waals surface area contributed by atoms with Gasteiger partial charge < -0.3 is 4.74 Å². The van der Waals surface area contributed by atoms with E-state index in [0.717, 1.165) is 23.1 Å². The van der Waals surface area contributed by atoms with Gasteiger partial charge in [-0.3, -0.25) is 0 Å². The van der Waals surface area contributed by atoms with Crippen molar-refractivity contribution in [3.05, 3.63) is 28.2 Å². The maximum absolute atomic E-state index is 6.14. The lowest BCUT2D eigenvalue weighted by Gasteiger charge is -2.33. The molecule has 0 aromatic heterocycles. The Kier molecular flexibility index (Phi) is 2.69. The van der Waals surface area contributed by atoms with Crippen molar-refractivity contribution >= 4 is 39.5 Å². The Hall–Kier alpha value is 0.200. The molecule has 1 fully saturated rings. The summed E-state index contributed by atoms with van der Waals surface area (Å²) in [4.78, 5) is 0. The van der Waals surface area contributed by atoms with Gasteiger partial charge in [-0.15, -0.1) is 23.5 Å². The number of thioether (sulfide) groups is 2. The van der Waals surface area contributed by atoms with E-state index in [4.69, 9.17) is 4.74 Å². The third-order valence-electron chi connectivity index (χ3n) is 2.72. The highest BCUT2D eigenvalue weighted by atomic mass is 79.9. The molecule has 15 heavy (non-hydrogen) atoms. The van der Waals surface area contributed by atoms with E-state index in [-0.39, 0.29) is 4.27 Å². The average molecular weight is 303 g/mol. The van der Waals surface area contributed by atoms with Crippen molar-refractivity contribution in [1.29, 1.82) is 0 Å². The third kappa shape index (κ3) is 1.92. The summed E-state index contributed by atoms with van der Waals surface area (Å²) >= 11 is 7.42. The Labute approximate surface area is 106 Å². The molecule has 3 rings (SSSR count). The lowest BCUT2D eigenvalue weighted by Crippen LogP contribution is -2.30. The summed E-state index contributed by atoms with van der Waals surface area (Å²) in [7, 11) is 0. The van der Waals surface area contributed by atoms with Gasteiger partial charge >= 0.3 is 0 Å². The van der Waals surface area contributed by atoms with Crippen molar-refractivity contribution in [3.63, 3.8) is 0 Å². The number of rotatable bonds is 0. The molecule has 1 saturated heterocycles. The summed E-state index contributed by atoms with van der Waals surface area (Å²) in [6.45, 7) is 0. The number of fused-ring (bicyclic) bond motifs is 1. The molecule has 0 atom stereocenters. The lowest BCUT2D eigenvalue weighted by atomic mass is 10.1. The predicted octanol–water partition coefficient (Wildman–Crippen LogP) is 3.91. The van der Waals surface area contributed by atoms with Crippen molar-refractivity contribution in [2.24, 2.45) is 0 Å². The summed E-state index contributed by atoms with van der Waals surface area (Å²) in [5.74, 6) is 3.51. The summed E-state index contributed by atoms with van der Waals surface area (Å²) in [5.41, 5.74) is 1.34. The van der Waals surface area contributed by atoms with Crippen LogP contribution in [0.3, 0.4) is 0 Å². The minimum Gasteiger partial charge on any atom is -0.467 e. The first-order valence-electron chi connectivity index (χ1n) is 5.03.